The summed E-state index contributed by atoms with van der Waals surface area (Å²) in [5.74, 6) is 0. The second-order valence-corrected chi connectivity index (χ2v) is 6.92. The van der Waals surface area contributed by atoms with E-state index in [-0.39, 0.29) is 6.04 Å². The first-order valence-electron chi connectivity index (χ1n) is 6.00. The van der Waals surface area contributed by atoms with E-state index in [1.165, 1.54) is 11.3 Å². The van der Waals surface area contributed by atoms with Crippen LogP contribution in [0.5, 0.6) is 0 Å². The van der Waals surface area contributed by atoms with Crippen LogP contribution >= 0.6 is 11.3 Å². The first kappa shape index (κ1) is 14.0. The molecule has 1 aliphatic heterocycles. The summed E-state index contributed by atoms with van der Waals surface area (Å²) in [6.07, 6.45) is 0.744. The molecule has 1 saturated heterocycles. The molecule has 18 heavy (non-hydrogen) atoms. The van der Waals surface area contributed by atoms with Crippen molar-refractivity contribution >= 4 is 21.4 Å². The van der Waals surface area contributed by atoms with Gasteiger partial charge < -0.3 is 10.1 Å². The molecule has 0 aliphatic carbocycles. The van der Waals surface area contributed by atoms with Gasteiger partial charge in [0, 0.05) is 29.5 Å². The average Bonchev–Trinajstić information content (AvgIpc) is 2.96. The summed E-state index contributed by atoms with van der Waals surface area (Å²) in [7, 11) is -3.40. The Hall–Kier alpha value is -0.470. The van der Waals surface area contributed by atoms with Crippen molar-refractivity contribution < 1.29 is 13.2 Å². The monoisotopic (exact) mass is 290 g/mol. The van der Waals surface area contributed by atoms with Gasteiger partial charge in [-0.3, -0.25) is 0 Å². The van der Waals surface area contributed by atoms with Gasteiger partial charge in [0.2, 0.25) is 10.0 Å². The number of rotatable bonds is 6. The minimum atomic E-state index is -3.40. The highest BCUT2D eigenvalue weighted by atomic mass is 32.2. The highest BCUT2D eigenvalue weighted by Gasteiger charge is 2.24. The van der Waals surface area contributed by atoms with Crippen LogP contribution in [0.1, 0.15) is 18.2 Å². The third-order valence-corrected chi connectivity index (χ3v) is 5.33. The van der Waals surface area contributed by atoms with E-state index in [4.69, 9.17) is 4.74 Å². The Morgan fingerprint density at radius 3 is 3.06 bits per heavy atom. The highest BCUT2D eigenvalue weighted by molar-refractivity contribution is 7.89. The van der Waals surface area contributed by atoms with Crippen molar-refractivity contribution in [3.63, 3.8) is 0 Å². The summed E-state index contributed by atoms with van der Waals surface area (Å²) in [5, 5.41) is 4.86. The number of ether oxygens (including phenoxy) is 1. The lowest BCUT2D eigenvalue weighted by Crippen LogP contribution is -2.34. The van der Waals surface area contributed by atoms with Crippen LogP contribution < -0.4 is 10.0 Å². The van der Waals surface area contributed by atoms with Gasteiger partial charge in [-0.25, -0.2) is 13.1 Å². The molecule has 2 heterocycles. The van der Waals surface area contributed by atoms with Crippen LogP contribution in [-0.4, -0.2) is 34.2 Å². The van der Waals surface area contributed by atoms with Crippen molar-refractivity contribution in [2.24, 2.45) is 0 Å². The Morgan fingerprint density at radius 1 is 1.56 bits per heavy atom. The smallest absolute Gasteiger partial charge is 0.241 e. The molecule has 0 spiro atoms. The summed E-state index contributed by atoms with van der Waals surface area (Å²) >= 11 is 1.46. The van der Waals surface area contributed by atoms with Gasteiger partial charge in [0.15, 0.2) is 0 Å². The molecule has 1 aromatic rings. The second-order valence-electron chi connectivity index (χ2n) is 4.21. The molecule has 1 unspecified atom stereocenters. The molecule has 0 bridgehead atoms. The second kappa shape index (κ2) is 6.12. The summed E-state index contributed by atoms with van der Waals surface area (Å²) in [4.78, 5) is 1.38. The molecule has 0 radical (unpaired) electrons. The lowest BCUT2D eigenvalue weighted by atomic mass is 10.3. The SMILES string of the molecule is CCNCc1cc(S(=O)(=O)NC2CCOC2)cs1. The van der Waals surface area contributed by atoms with Gasteiger partial charge in [0.05, 0.1) is 11.5 Å². The number of hydrogen-bond donors (Lipinski definition) is 2. The first-order valence-corrected chi connectivity index (χ1v) is 8.36. The lowest BCUT2D eigenvalue weighted by molar-refractivity contribution is 0.192. The van der Waals surface area contributed by atoms with E-state index in [0.717, 1.165) is 17.8 Å². The number of nitrogens with one attached hydrogen (secondary N) is 2. The normalized spacial score (nSPS) is 20.4. The highest BCUT2D eigenvalue weighted by Crippen LogP contribution is 2.20. The van der Waals surface area contributed by atoms with Crippen LogP contribution in [-0.2, 0) is 21.3 Å². The van der Waals surface area contributed by atoms with Crippen molar-refractivity contribution in [3.05, 3.63) is 16.3 Å². The Kier molecular flexibility index (Phi) is 4.74. The van der Waals surface area contributed by atoms with Crippen molar-refractivity contribution in [3.8, 4) is 0 Å². The number of hydrogen-bond acceptors (Lipinski definition) is 5. The van der Waals surface area contributed by atoms with E-state index in [1.54, 1.807) is 11.4 Å². The molecule has 0 amide bonds. The van der Waals surface area contributed by atoms with Gasteiger partial charge in [-0.1, -0.05) is 6.92 Å². The fourth-order valence-corrected chi connectivity index (χ4v) is 4.26. The zero-order valence-electron chi connectivity index (χ0n) is 10.3. The third-order valence-electron chi connectivity index (χ3n) is 2.74. The molecular formula is C11H18N2O3S2. The molecule has 1 fully saturated rings. The van der Waals surface area contributed by atoms with E-state index in [1.807, 2.05) is 6.92 Å². The molecule has 2 N–H and O–H groups in total. The Morgan fingerprint density at radius 2 is 2.39 bits per heavy atom. The molecule has 102 valence electrons. The molecule has 7 heteroatoms. The van der Waals surface area contributed by atoms with Gasteiger partial charge in [-0.15, -0.1) is 11.3 Å². The minimum absolute atomic E-state index is 0.0906. The fraction of sp³-hybridized carbons (Fsp3) is 0.636. The number of sulfonamides is 1. The molecule has 1 aliphatic rings. The summed E-state index contributed by atoms with van der Waals surface area (Å²) in [6, 6.07) is 1.64. The molecule has 1 atom stereocenters. The zero-order valence-corrected chi connectivity index (χ0v) is 11.9. The van der Waals surface area contributed by atoms with E-state index in [9.17, 15) is 8.42 Å². The lowest BCUT2D eigenvalue weighted by Gasteiger charge is -2.09. The van der Waals surface area contributed by atoms with E-state index in [2.05, 4.69) is 10.0 Å². The third kappa shape index (κ3) is 3.52. The van der Waals surface area contributed by atoms with Crippen LogP contribution in [0.4, 0.5) is 0 Å². The van der Waals surface area contributed by atoms with E-state index >= 15 is 0 Å². The maximum atomic E-state index is 12.1. The predicted octanol–water partition coefficient (Wildman–Crippen LogP) is 0.925. The minimum Gasteiger partial charge on any atom is -0.380 e. The maximum Gasteiger partial charge on any atom is 0.241 e. The van der Waals surface area contributed by atoms with Crippen LogP contribution in [0.25, 0.3) is 0 Å². The van der Waals surface area contributed by atoms with Crippen LogP contribution in [0.2, 0.25) is 0 Å². The van der Waals surface area contributed by atoms with Crippen LogP contribution in [0.15, 0.2) is 16.3 Å². The maximum absolute atomic E-state index is 12.1. The Labute approximate surface area is 112 Å². The van der Waals surface area contributed by atoms with Crippen LogP contribution in [0.3, 0.4) is 0 Å². The Balaban J connectivity index is 2.02. The van der Waals surface area contributed by atoms with Gasteiger partial charge in [0.25, 0.3) is 0 Å². The van der Waals surface area contributed by atoms with Gasteiger partial charge in [-0.05, 0) is 19.0 Å². The first-order chi connectivity index (χ1) is 8.62. The quantitative estimate of drug-likeness (QED) is 0.818. The molecule has 0 aromatic carbocycles. The summed E-state index contributed by atoms with van der Waals surface area (Å²) < 4.78 is 32.0. The standard InChI is InChI=1S/C11H18N2O3S2/c1-2-12-6-10-5-11(8-17-10)18(14,15)13-9-3-4-16-7-9/h5,8-9,12-13H,2-4,6-7H2,1H3. The fourth-order valence-electron chi connectivity index (χ4n) is 1.76. The van der Waals surface area contributed by atoms with Gasteiger partial charge in [-0.2, -0.15) is 0 Å². The average molecular weight is 290 g/mol. The Bertz CT molecular complexity index is 478. The largest absolute Gasteiger partial charge is 0.380 e. The number of thiophene rings is 1. The van der Waals surface area contributed by atoms with Gasteiger partial charge >= 0.3 is 0 Å². The predicted molar refractivity (Wildman–Crippen MR) is 71.2 cm³/mol. The molecule has 5 nitrogen and oxygen atoms in total. The van der Waals surface area contributed by atoms with E-state index < -0.39 is 10.0 Å². The zero-order chi connectivity index (χ0) is 13.0. The molecular weight excluding hydrogens is 272 g/mol. The molecule has 0 saturated carbocycles. The van der Waals surface area contributed by atoms with Crippen molar-refractivity contribution in [2.75, 3.05) is 19.8 Å². The topological polar surface area (TPSA) is 67.4 Å². The van der Waals surface area contributed by atoms with Crippen molar-refractivity contribution in [1.82, 2.24) is 10.0 Å². The molecule has 2 rings (SSSR count). The van der Waals surface area contributed by atoms with E-state index in [0.29, 0.717) is 24.7 Å². The van der Waals surface area contributed by atoms with Gasteiger partial charge in [0.1, 0.15) is 0 Å². The van der Waals surface area contributed by atoms with Crippen molar-refractivity contribution in [2.45, 2.75) is 30.8 Å². The molecule has 1 aromatic heterocycles. The van der Waals surface area contributed by atoms with Crippen LogP contribution in [0, 0.1) is 0 Å². The summed E-state index contributed by atoms with van der Waals surface area (Å²) in [6.45, 7) is 4.70. The summed E-state index contributed by atoms with van der Waals surface area (Å²) in [5.41, 5.74) is 0. The van der Waals surface area contributed by atoms with Crippen molar-refractivity contribution in [1.29, 1.82) is 0 Å².